The van der Waals surface area contributed by atoms with Crippen molar-refractivity contribution in [2.75, 3.05) is 18.2 Å². The first-order valence-corrected chi connectivity index (χ1v) is 6.79. The second kappa shape index (κ2) is 6.31. The number of hydrogen-bond donors (Lipinski definition) is 2. The zero-order chi connectivity index (χ0) is 15.4. The summed E-state index contributed by atoms with van der Waals surface area (Å²) in [5.41, 5.74) is 10.3. The van der Waals surface area contributed by atoms with Crippen molar-refractivity contribution in [2.24, 2.45) is 0 Å². The van der Waals surface area contributed by atoms with Gasteiger partial charge in [0.1, 0.15) is 5.75 Å². The van der Waals surface area contributed by atoms with Crippen LogP contribution in [-0.4, -0.2) is 13.0 Å². The molecular weight excluding hydrogens is 264 g/mol. The van der Waals surface area contributed by atoms with Crippen LogP contribution >= 0.6 is 0 Å². The van der Waals surface area contributed by atoms with Gasteiger partial charge in [0.05, 0.1) is 24.9 Å². The molecule has 1 amide bonds. The third kappa shape index (κ3) is 3.75. The van der Waals surface area contributed by atoms with Crippen LogP contribution in [0.4, 0.5) is 11.4 Å². The van der Waals surface area contributed by atoms with Crippen LogP contribution in [0.25, 0.3) is 0 Å². The van der Waals surface area contributed by atoms with Crippen LogP contribution in [0.5, 0.6) is 5.75 Å². The van der Waals surface area contributed by atoms with Crippen molar-refractivity contribution in [3.05, 3.63) is 53.1 Å². The number of carbonyl (C=O) groups excluding carboxylic acids is 1. The number of rotatable bonds is 4. The van der Waals surface area contributed by atoms with Crippen LogP contribution in [0.1, 0.15) is 16.7 Å². The Morgan fingerprint density at radius 3 is 2.38 bits per heavy atom. The first kappa shape index (κ1) is 14.9. The number of amides is 1. The maximum Gasteiger partial charge on any atom is 0.228 e. The summed E-state index contributed by atoms with van der Waals surface area (Å²) in [5.74, 6) is 0.688. The monoisotopic (exact) mass is 284 g/mol. The Morgan fingerprint density at radius 2 is 1.76 bits per heavy atom. The van der Waals surface area contributed by atoms with Gasteiger partial charge < -0.3 is 15.8 Å². The minimum Gasteiger partial charge on any atom is -0.497 e. The molecule has 2 aromatic rings. The molecule has 0 radical (unpaired) electrons. The molecule has 0 aliphatic heterocycles. The van der Waals surface area contributed by atoms with Crippen molar-refractivity contribution < 1.29 is 9.53 Å². The van der Waals surface area contributed by atoms with Crippen LogP contribution in [0.15, 0.2) is 36.4 Å². The normalized spacial score (nSPS) is 10.2. The van der Waals surface area contributed by atoms with E-state index in [-0.39, 0.29) is 5.91 Å². The van der Waals surface area contributed by atoms with Gasteiger partial charge in [0.15, 0.2) is 0 Å². The molecule has 0 aliphatic rings. The summed E-state index contributed by atoms with van der Waals surface area (Å²) in [7, 11) is 1.62. The number of nitrogens with two attached hydrogens (primary N) is 1. The van der Waals surface area contributed by atoms with Crippen molar-refractivity contribution in [1.82, 2.24) is 0 Å². The summed E-state index contributed by atoms with van der Waals surface area (Å²) in [6.07, 6.45) is 0.302. The van der Waals surface area contributed by atoms with Gasteiger partial charge in [-0.2, -0.15) is 0 Å². The molecule has 3 N–H and O–H groups in total. The summed E-state index contributed by atoms with van der Waals surface area (Å²) in [6, 6.07) is 11.2. The second-order valence-electron chi connectivity index (χ2n) is 5.10. The van der Waals surface area contributed by atoms with Gasteiger partial charge in [-0.05, 0) is 54.8 Å². The maximum atomic E-state index is 12.1. The van der Waals surface area contributed by atoms with Crippen molar-refractivity contribution in [3.8, 4) is 5.75 Å². The number of methoxy groups -OCH3 is 1. The molecule has 0 atom stereocenters. The molecule has 0 spiro atoms. The Bertz CT molecular complexity index is 649. The maximum absolute atomic E-state index is 12.1. The molecule has 4 nitrogen and oxygen atoms in total. The predicted molar refractivity (Wildman–Crippen MR) is 85.7 cm³/mol. The van der Waals surface area contributed by atoms with E-state index in [0.29, 0.717) is 17.8 Å². The molecule has 21 heavy (non-hydrogen) atoms. The lowest BCUT2D eigenvalue weighted by atomic mass is 10.1. The topological polar surface area (TPSA) is 64.3 Å². The van der Waals surface area contributed by atoms with Crippen LogP contribution in [0, 0.1) is 13.8 Å². The molecular formula is C17H20N2O2. The number of hydrogen-bond acceptors (Lipinski definition) is 3. The average molecular weight is 284 g/mol. The van der Waals surface area contributed by atoms with E-state index in [1.165, 1.54) is 0 Å². The highest BCUT2D eigenvalue weighted by Gasteiger charge is 2.08. The van der Waals surface area contributed by atoms with Gasteiger partial charge in [-0.1, -0.05) is 12.1 Å². The molecule has 0 fully saturated rings. The molecule has 2 aromatic carbocycles. The Morgan fingerprint density at radius 1 is 1.14 bits per heavy atom. The van der Waals surface area contributed by atoms with E-state index >= 15 is 0 Å². The van der Waals surface area contributed by atoms with E-state index in [1.807, 2.05) is 50.2 Å². The van der Waals surface area contributed by atoms with E-state index in [4.69, 9.17) is 10.5 Å². The van der Waals surface area contributed by atoms with Crippen molar-refractivity contribution in [2.45, 2.75) is 20.3 Å². The summed E-state index contributed by atoms with van der Waals surface area (Å²) < 4.78 is 5.09. The summed E-state index contributed by atoms with van der Waals surface area (Å²) >= 11 is 0. The standard InChI is InChI=1S/C17H20N2O2/c1-11-8-15(18)16(9-12(11)2)19-17(20)10-13-4-6-14(21-3)7-5-13/h4-9H,10,18H2,1-3H3,(H,19,20). The number of nitrogen functional groups attached to an aromatic ring is 1. The first-order chi connectivity index (χ1) is 9.99. The minimum absolute atomic E-state index is 0.0879. The predicted octanol–water partition coefficient (Wildman–Crippen LogP) is 3.08. The van der Waals surface area contributed by atoms with Gasteiger partial charge in [0, 0.05) is 0 Å². The minimum atomic E-state index is -0.0879. The number of ether oxygens (including phenoxy) is 1. The Hall–Kier alpha value is -2.49. The van der Waals surface area contributed by atoms with Crippen LogP contribution < -0.4 is 15.8 Å². The molecule has 0 heterocycles. The van der Waals surface area contributed by atoms with E-state index in [2.05, 4.69) is 5.32 Å². The van der Waals surface area contributed by atoms with Crippen LogP contribution in [0.3, 0.4) is 0 Å². The highest BCUT2D eigenvalue weighted by Crippen LogP contribution is 2.23. The fourth-order valence-corrected chi connectivity index (χ4v) is 2.07. The highest BCUT2D eigenvalue weighted by molar-refractivity contribution is 5.95. The van der Waals surface area contributed by atoms with Gasteiger partial charge >= 0.3 is 0 Å². The van der Waals surface area contributed by atoms with Crippen molar-refractivity contribution in [3.63, 3.8) is 0 Å². The summed E-state index contributed by atoms with van der Waals surface area (Å²) in [4.78, 5) is 12.1. The highest BCUT2D eigenvalue weighted by atomic mass is 16.5. The fraction of sp³-hybridized carbons (Fsp3) is 0.235. The smallest absolute Gasteiger partial charge is 0.228 e. The van der Waals surface area contributed by atoms with E-state index in [9.17, 15) is 4.79 Å². The fourth-order valence-electron chi connectivity index (χ4n) is 2.07. The molecule has 110 valence electrons. The Kier molecular flexibility index (Phi) is 4.48. The van der Waals surface area contributed by atoms with Gasteiger partial charge in [-0.15, -0.1) is 0 Å². The van der Waals surface area contributed by atoms with E-state index < -0.39 is 0 Å². The molecule has 0 unspecified atom stereocenters. The van der Waals surface area contributed by atoms with Gasteiger partial charge in [-0.3, -0.25) is 4.79 Å². The second-order valence-corrected chi connectivity index (χ2v) is 5.10. The molecule has 4 heteroatoms. The quantitative estimate of drug-likeness (QED) is 0.848. The summed E-state index contributed by atoms with van der Waals surface area (Å²) in [6.45, 7) is 3.99. The molecule has 0 saturated heterocycles. The number of carbonyl (C=O) groups is 1. The lowest BCUT2D eigenvalue weighted by molar-refractivity contribution is -0.115. The third-order valence-corrected chi connectivity index (χ3v) is 3.46. The SMILES string of the molecule is COc1ccc(CC(=O)Nc2cc(C)c(C)cc2N)cc1. The number of aryl methyl sites for hydroxylation is 2. The van der Waals surface area contributed by atoms with Crippen LogP contribution in [0.2, 0.25) is 0 Å². The number of anilines is 2. The molecule has 0 aromatic heterocycles. The van der Waals surface area contributed by atoms with Gasteiger partial charge in [-0.25, -0.2) is 0 Å². The molecule has 2 rings (SSSR count). The van der Waals surface area contributed by atoms with E-state index in [0.717, 1.165) is 22.4 Å². The van der Waals surface area contributed by atoms with Gasteiger partial charge in [0.2, 0.25) is 5.91 Å². The Balaban J connectivity index is 2.06. The zero-order valence-corrected chi connectivity index (χ0v) is 12.6. The third-order valence-electron chi connectivity index (χ3n) is 3.46. The summed E-state index contributed by atoms with van der Waals surface area (Å²) in [5, 5.41) is 2.86. The first-order valence-electron chi connectivity index (χ1n) is 6.79. The lowest BCUT2D eigenvalue weighted by Gasteiger charge is -2.11. The molecule has 0 saturated carbocycles. The number of nitrogens with one attached hydrogen (secondary N) is 1. The van der Waals surface area contributed by atoms with Crippen molar-refractivity contribution >= 4 is 17.3 Å². The van der Waals surface area contributed by atoms with E-state index in [1.54, 1.807) is 7.11 Å². The Labute approximate surface area is 124 Å². The van der Waals surface area contributed by atoms with Crippen LogP contribution in [-0.2, 0) is 11.2 Å². The average Bonchev–Trinajstić information content (AvgIpc) is 2.45. The van der Waals surface area contributed by atoms with Gasteiger partial charge in [0.25, 0.3) is 0 Å². The number of benzene rings is 2. The molecule has 0 bridgehead atoms. The zero-order valence-electron chi connectivity index (χ0n) is 12.6. The lowest BCUT2D eigenvalue weighted by Crippen LogP contribution is -2.15. The van der Waals surface area contributed by atoms with Crippen molar-refractivity contribution in [1.29, 1.82) is 0 Å². The largest absolute Gasteiger partial charge is 0.497 e. The molecule has 0 aliphatic carbocycles.